The fourth-order valence-corrected chi connectivity index (χ4v) is 2.34. The highest BCUT2D eigenvalue weighted by Crippen LogP contribution is 2.20. The molecule has 2 rings (SSSR count). The van der Waals surface area contributed by atoms with E-state index in [1.165, 1.54) is 11.6 Å². The molecule has 0 heterocycles. The first-order valence-electron chi connectivity index (χ1n) is 7.29. The van der Waals surface area contributed by atoms with E-state index in [1.54, 1.807) is 12.1 Å². The summed E-state index contributed by atoms with van der Waals surface area (Å²) in [5.74, 6) is 0.492. The molecule has 3 heteroatoms. The number of alkyl halides is 2. The summed E-state index contributed by atoms with van der Waals surface area (Å²) in [5, 5.41) is 3.32. The Morgan fingerprint density at radius 3 is 2.38 bits per heavy atom. The van der Waals surface area contributed by atoms with Crippen molar-refractivity contribution < 1.29 is 8.78 Å². The molecule has 0 aromatic heterocycles. The van der Waals surface area contributed by atoms with Gasteiger partial charge < -0.3 is 5.32 Å². The molecule has 0 aliphatic rings. The van der Waals surface area contributed by atoms with E-state index in [9.17, 15) is 8.78 Å². The molecule has 1 atom stereocenters. The van der Waals surface area contributed by atoms with Crippen LogP contribution in [0.1, 0.15) is 42.4 Å². The first-order chi connectivity index (χ1) is 10.2. The van der Waals surface area contributed by atoms with Gasteiger partial charge in [-0.1, -0.05) is 55.5 Å². The summed E-state index contributed by atoms with van der Waals surface area (Å²) in [5.41, 5.74) is 2.33. The maximum Gasteiger partial charge on any atom is 0.263 e. The number of hydrogen-bond acceptors (Lipinski definition) is 1. The van der Waals surface area contributed by atoms with Crippen molar-refractivity contribution in [3.63, 3.8) is 0 Å². The van der Waals surface area contributed by atoms with Gasteiger partial charge in [-0.15, -0.1) is 0 Å². The minimum absolute atomic E-state index is 0.0898. The molecule has 0 fully saturated rings. The molecule has 0 saturated heterocycles. The fraction of sp³-hybridized carbons (Fsp3) is 0.333. The van der Waals surface area contributed by atoms with E-state index in [1.807, 2.05) is 12.1 Å². The molecular formula is C18H21F2N. The van der Waals surface area contributed by atoms with E-state index in [-0.39, 0.29) is 5.56 Å². The first kappa shape index (κ1) is 15.6. The van der Waals surface area contributed by atoms with Crippen LogP contribution in [0.2, 0.25) is 0 Å². The molecule has 2 aromatic rings. The van der Waals surface area contributed by atoms with Gasteiger partial charge in [0, 0.05) is 12.1 Å². The number of hydrogen-bond donors (Lipinski definition) is 1. The van der Waals surface area contributed by atoms with Crippen molar-refractivity contribution in [1.82, 2.24) is 5.32 Å². The maximum absolute atomic E-state index is 12.6. The summed E-state index contributed by atoms with van der Waals surface area (Å²) >= 11 is 0. The van der Waals surface area contributed by atoms with Gasteiger partial charge in [0.05, 0.1) is 0 Å². The van der Waals surface area contributed by atoms with Crippen LogP contribution in [0.25, 0.3) is 0 Å². The lowest BCUT2D eigenvalue weighted by atomic mass is 9.98. The van der Waals surface area contributed by atoms with E-state index in [0.717, 1.165) is 18.5 Å². The zero-order chi connectivity index (χ0) is 15.1. The zero-order valence-corrected chi connectivity index (χ0v) is 12.2. The molecule has 0 bridgehead atoms. The van der Waals surface area contributed by atoms with Crippen LogP contribution in [0.3, 0.4) is 0 Å². The minimum atomic E-state index is -2.40. The van der Waals surface area contributed by atoms with E-state index in [2.05, 4.69) is 36.5 Å². The Morgan fingerprint density at radius 2 is 1.67 bits per heavy atom. The van der Waals surface area contributed by atoms with Crippen LogP contribution in [0.15, 0.2) is 54.6 Å². The Morgan fingerprint density at radius 1 is 0.952 bits per heavy atom. The van der Waals surface area contributed by atoms with E-state index in [0.29, 0.717) is 12.5 Å². The highest BCUT2D eigenvalue weighted by molar-refractivity contribution is 5.24. The van der Waals surface area contributed by atoms with Gasteiger partial charge in [0.25, 0.3) is 6.43 Å². The fourth-order valence-electron chi connectivity index (χ4n) is 2.34. The summed E-state index contributed by atoms with van der Waals surface area (Å²) in [6, 6.07) is 17.0. The van der Waals surface area contributed by atoms with E-state index in [4.69, 9.17) is 0 Å². The monoisotopic (exact) mass is 289 g/mol. The third-order valence-corrected chi connectivity index (χ3v) is 3.65. The standard InChI is InChI=1S/C18H21F2N/c1-14(16-7-3-2-4-8-16)10-11-21-13-15-6-5-9-17(12-15)18(19)20/h2-9,12,14,18,21H,10-11,13H2,1H3. The molecular weight excluding hydrogens is 268 g/mol. The lowest BCUT2D eigenvalue weighted by Crippen LogP contribution is -2.16. The Labute approximate surface area is 125 Å². The van der Waals surface area contributed by atoms with Gasteiger partial charge >= 0.3 is 0 Å². The number of nitrogens with one attached hydrogen (secondary N) is 1. The highest BCUT2D eigenvalue weighted by Gasteiger charge is 2.07. The van der Waals surface area contributed by atoms with Gasteiger partial charge in [-0.05, 0) is 36.1 Å². The van der Waals surface area contributed by atoms with Gasteiger partial charge in [-0.2, -0.15) is 0 Å². The molecule has 1 N–H and O–H groups in total. The predicted molar refractivity (Wildman–Crippen MR) is 82.6 cm³/mol. The number of halogens is 2. The average Bonchev–Trinajstić information content (AvgIpc) is 2.52. The molecule has 0 aliphatic heterocycles. The molecule has 0 saturated carbocycles. The van der Waals surface area contributed by atoms with Crippen LogP contribution in [0.5, 0.6) is 0 Å². The maximum atomic E-state index is 12.6. The van der Waals surface area contributed by atoms with Crippen LogP contribution in [0.4, 0.5) is 8.78 Å². The minimum Gasteiger partial charge on any atom is -0.313 e. The molecule has 0 spiro atoms. The average molecular weight is 289 g/mol. The highest BCUT2D eigenvalue weighted by atomic mass is 19.3. The second-order valence-corrected chi connectivity index (χ2v) is 5.32. The third-order valence-electron chi connectivity index (χ3n) is 3.65. The molecule has 0 amide bonds. The van der Waals surface area contributed by atoms with Crippen LogP contribution >= 0.6 is 0 Å². The Bertz CT molecular complexity index is 540. The smallest absolute Gasteiger partial charge is 0.263 e. The Kier molecular flexibility index (Phi) is 5.88. The molecule has 21 heavy (non-hydrogen) atoms. The van der Waals surface area contributed by atoms with Crippen molar-refractivity contribution in [2.45, 2.75) is 32.2 Å². The van der Waals surface area contributed by atoms with Crippen LogP contribution < -0.4 is 5.32 Å². The molecule has 0 aliphatic carbocycles. The topological polar surface area (TPSA) is 12.0 Å². The molecule has 112 valence electrons. The van der Waals surface area contributed by atoms with Crippen molar-refractivity contribution >= 4 is 0 Å². The Hall–Kier alpha value is -1.74. The van der Waals surface area contributed by atoms with Crippen molar-refractivity contribution in [2.24, 2.45) is 0 Å². The summed E-state index contributed by atoms with van der Waals surface area (Å²) in [7, 11) is 0. The lowest BCUT2D eigenvalue weighted by molar-refractivity contribution is 0.151. The normalized spacial score (nSPS) is 12.6. The van der Waals surface area contributed by atoms with Gasteiger partial charge in [0.15, 0.2) is 0 Å². The van der Waals surface area contributed by atoms with Crippen molar-refractivity contribution in [2.75, 3.05) is 6.54 Å². The van der Waals surface area contributed by atoms with E-state index < -0.39 is 6.43 Å². The largest absolute Gasteiger partial charge is 0.313 e. The summed E-state index contributed by atoms with van der Waals surface area (Å²) in [6.45, 7) is 3.70. The second kappa shape index (κ2) is 7.89. The van der Waals surface area contributed by atoms with Crippen molar-refractivity contribution in [3.8, 4) is 0 Å². The van der Waals surface area contributed by atoms with Gasteiger partial charge in [-0.25, -0.2) is 8.78 Å². The third kappa shape index (κ3) is 4.94. The number of rotatable bonds is 7. The SMILES string of the molecule is CC(CCNCc1cccc(C(F)F)c1)c1ccccc1. The summed E-state index contributed by atoms with van der Waals surface area (Å²) in [6.07, 6.45) is -1.37. The first-order valence-corrected chi connectivity index (χ1v) is 7.29. The molecule has 2 aromatic carbocycles. The van der Waals surface area contributed by atoms with Crippen LogP contribution in [-0.4, -0.2) is 6.54 Å². The predicted octanol–water partition coefficient (Wildman–Crippen LogP) is 4.91. The Balaban J connectivity index is 1.76. The quantitative estimate of drug-likeness (QED) is 0.714. The molecule has 1 nitrogen and oxygen atoms in total. The second-order valence-electron chi connectivity index (χ2n) is 5.32. The molecule has 0 radical (unpaired) electrons. The van der Waals surface area contributed by atoms with Gasteiger partial charge in [0.1, 0.15) is 0 Å². The van der Waals surface area contributed by atoms with Crippen molar-refractivity contribution in [3.05, 3.63) is 71.3 Å². The summed E-state index contributed by atoms with van der Waals surface area (Å²) in [4.78, 5) is 0. The van der Waals surface area contributed by atoms with Crippen LogP contribution in [-0.2, 0) is 6.54 Å². The van der Waals surface area contributed by atoms with Crippen LogP contribution in [0, 0.1) is 0 Å². The van der Waals surface area contributed by atoms with Gasteiger partial charge in [-0.3, -0.25) is 0 Å². The molecule has 1 unspecified atom stereocenters. The van der Waals surface area contributed by atoms with Gasteiger partial charge in [0.2, 0.25) is 0 Å². The summed E-state index contributed by atoms with van der Waals surface area (Å²) < 4.78 is 25.2. The zero-order valence-electron chi connectivity index (χ0n) is 12.2. The van der Waals surface area contributed by atoms with Crippen molar-refractivity contribution in [1.29, 1.82) is 0 Å². The number of benzene rings is 2. The van der Waals surface area contributed by atoms with E-state index >= 15 is 0 Å². The lowest BCUT2D eigenvalue weighted by Gasteiger charge is -2.12.